The third-order valence-corrected chi connectivity index (χ3v) is 5.19. The van der Waals surface area contributed by atoms with Crippen LogP contribution in [0.1, 0.15) is 36.1 Å². The molecule has 132 valence electrons. The summed E-state index contributed by atoms with van der Waals surface area (Å²) in [5.74, 6) is 0.996. The van der Waals surface area contributed by atoms with Crippen LogP contribution < -0.4 is 5.32 Å². The fourth-order valence-electron chi connectivity index (χ4n) is 3.82. The number of nitrogens with one attached hydrogen (secondary N) is 1. The second-order valence-corrected chi connectivity index (χ2v) is 6.93. The molecule has 0 spiro atoms. The largest absolute Gasteiger partial charge is 0.369 e. The number of likely N-dealkylation sites (tertiary alicyclic amines) is 1. The molecular formula is C18H23N5O2. The van der Waals surface area contributed by atoms with Crippen LogP contribution in [0.25, 0.3) is 5.69 Å². The standard InChI is InChI=1S/C18H23N5O2/c1-13-5-6-14(23(24)25)11-17(13)22-18-15(7-8-19-18)16(20-22)12-21-9-3-2-4-10-21/h5-6,11,19H,2-4,7-10,12H2,1H3. The SMILES string of the molecule is Cc1ccc([N+](=O)[O-])cc1-n1nc(CN2CCCCC2)c2c1NCC2. The lowest BCUT2D eigenvalue weighted by atomic mass is 10.1. The van der Waals surface area contributed by atoms with Crippen LogP contribution in [-0.2, 0) is 13.0 Å². The van der Waals surface area contributed by atoms with Crippen molar-refractivity contribution in [1.29, 1.82) is 0 Å². The smallest absolute Gasteiger partial charge is 0.271 e. The van der Waals surface area contributed by atoms with Gasteiger partial charge in [0, 0.05) is 30.8 Å². The van der Waals surface area contributed by atoms with Crippen molar-refractivity contribution in [3.63, 3.8) is 0 Å². The van der Waals surface area contributed by atoms with Gasteiger partial charge in [-0.2, -0.15) is 5.10 Å². The van der Waals surface area contributed by atoms with Gasteiger partial charge in [0.05, 0.1) is 16.3 Å². The number of benzene rings is 1. The van der Waals surface area contributed by atoms with Crippen molar-refractivity contribution in [2.75, 3.05) is 25.0 Å². The van der Waals surface area contributed by atoms with Gasteiger partial charge in [0.1, 0.15) is 5.82 Å². The summed E-state index contributed by atoms with van der Waals surface area (Å²) in [5, 5.41) is 19.4. The summed E-state index contributed by atoms with van der Waals surface area (Å²) in [6, 6.07) is 4.96. The molecule has 2 aromatic rings. The van der Waals surface area contributed by atoms with E-state index >= 15 is 0 Å². The molecule has 0 bridgehead atoms. The van der Waals surface area contributed by atoms with Gasteiger partial charge in [0.25, 0.3) is 5.69 Å². The van der Waals surface area contributed by atoms with E-state index in [9.17, 15) is 10.1 Å². The first-order valence-corrected chi connectivity index (χ1v) is 8.96. The maximum absolute atomic E-state index is 11.2. The molecule has 0 aliphatic carbocycles. The van der Waals surface area contributed by atoms with Crippen LogP contribution in [0.4, 0.5) is 11.5 Å². The summed E-state index contributed by atoms with van der Waals surface area (Å²) >= 11 is 0. The summed E-state index contributed by atoms with van der Waals surface area (Å²) in [6.45, 7) is 5.99. The molecule has 1 N–H and O–H groups in total. The van der Waals surface area contributed by atoms with Gasteiger partial charge in [-0.05, 0) is 44.8 Å². The Morgan fingerprint density at radius 3 is 2.84 bits per heavy atom. The van der Waals surface area contributed by atoms with Crippen LogP contribution >= 0.6 is 0 Å². The number of hydrogen-bond donors (Lipinski definition) is 1. The summed E-state index contributed by atoms with van der Waals surface area (Å²) in [6.07, 6.45) is 4.79. The van der Waals surface area contributed by atoms with E-state index in [1.807, 2.05) is 11.6 Å². The molecular weight excluding hydrogens is 318 g/mol. The summed E-state index contributed by atoms with van der Waals surface area (Å²) < 4.78 is 1.87. The third-order valence-electron chi connectivity index (χ3n) is 5.19. The number of non-ortho nitro benzene ring substituents is 1. The normalized spacial score (nSPS) is 17.3. The highest BCUT2D eigenvalue weighted by molar-refractivity contribution is 5.60. The zero-order chi connectivity index (χ0) is 17.4. The zero-order valence-corrected chi connectivity index (χ0v) is 14.5. The van der Waals surface area contributed by atoms with Crippen molar-refractivity contribution in [3.8, 4) is 5.69 Å². The fraction of sp³-hybridized carbons (Fsp3) is 0.500. The number of nitro groups is 1. The highest BCUT2D eigenvalue weighted by Crippen LogP contribution is 2.32. The van der Waals surface area contributed by atoms with Crippen molar-refractivity contribution >= 4 is 11.5 Å². The van der Waals surface area contributed by atoms with Crippen molar-refractivity contribution in [2.24, 2.45) is 0 Å². The quantitative estimate of drug-likeness (QED) is 0.683. The Bertz CT molecular complexity index is 808. The van der Waals surface area contributed by atoms with Gasteiger partial charge in [0.2, 0.25) is 0 Å². The first kappa shape index (κ1) is 16.1. The van der Waals surface area contributed by atoms with E-state index in [1.165, 1.54) is 24.8 Å². The van der Waals surface area contributed by atoms with E-state index in [4.69, 9.17) is 5.10 Å². The van der Waals surface area contributed by atoms with E-state index < -0.39 is 0 Å². The van der Waals surface area contributed by atoms with Gasteiger partial charge in [-0.25, -0.2) is 4.68 Å². The molecule has 7 heteroatoms. The van der Waals surface area contributed by atoms with Crippen molar-refractivity contribution in [3.05, 3.63) is 45.1 Å². The Morgan fingerprint density at radius 2 is 2.08 bits per heavy atom. The van der Waals surface area contributed by atoms with Gasteiger partial charge in [-0.15, -0.1) is 0 Å². The average Bonchev–Trinajstić information content (AvgIpc) is 3.20. The predicted octanol–water partition coefficient (Wildman–Crippen LogP) is 3.04. The molecule has 0 amide bonds. The third kappa shape index (κ3) is 3.00. The average molecular weight is 341 g/mol. The van der Waals surface area contributed by atoms with Gasteiger partial charge in [0.15, 0.2) is 0 Å². The second-order valence-electron chi connectivity index (χ2n) is 6.93. The van der Waals surface area contributed by atoms with Crippen LogP contribution in [0.2, 0.25) is 0 Å². The Balaban J connectivity index is 1.72. The maximum atomic E-state index is 11.2. The molecule has 25 heavy (non-hydrogen) atoms. The minimum atomic E-state index is -0.352. The van der Waals surface area contributed by atoms with Gasteiger partial charge < -0.3 is 5.32 Å². The topological polar surface area (TPSA) is 76.2 Å². The van der Waals surface area contributed by atoms with Gasteiger partial charge in [-0.3, -0.25) is 15.0 Å². The van der Waals surface area contributed by atoms with E-state index in [-0.39, 0.29) is 10.6 Å². The van der Waals surface area contributed by atoms with E-state index in [2.05, 4.69) is 10.2 Å². The summed E-state index contributed by atoms with van der Waals surface area (Å²) in [4.78, 5) is 13.3. The van der Waals surface area contributed by atoms with Crippen molar-refractivity contribution in [1.82, 2.24) is 14.7 Å². The molecule has 4 rings (SSSR count). The van der Waals surface area contributed by atoms with Crippen molar-refractivity contribution in [2.45, 2.75) is 39.2 Å². The Labute approximate surface area is 146 Å². The molecule has 0 atom stereocenters. The number of nitrogens with zero attached hydrogens (tertiary/aromatic N) is 4. The first-order valence-electron chi connectivity index (χ1n) is 8.96. The Hall–Kier alpha value is -2.41. The van der Waals surface area contributed by atoms with Gasteiger partial charge in [-0.1, -0.05) is 12.5 Å². The van der Waals surface area contributed by atoms with Crippen LogP contribution in [0.5, 0.6) is 0 Å². The molecule has 0 unspecified atom stereocenters. The van der Waals surface area contributed by atoms with Gasteiger partial charge >= 0.3 is 0 Å². The number of fused-ring (bicyclic) bond motifs is 1. The Morgan fingerprint density at radius 1 is 1.28 bits per heavy atom. The lowest BCUT2D eigenvalue weighted by Crippen LogP contribution is -2.29. The summed E-state index contributed by atoms with van der Waals surface area (Å²) in [7, 11) is 0. The molecule has 2 aliphatic heterocycles. The number of nitro benzene ring substituents is 1. The number of aryl methyl sites for hydroxylation is 1. The number of aromatic nitrogens is 2. The molecule has 7 nitrogen and oxygen atoms in total. The molecule has 0 saturated carbocycles. The zero-order valence-electron chi connectivity index (χ0n) is 14.5. The summed E-state index contributed by atoms with van der Waals surface area (Å²) in [5.41, 5.74) is 4.23. The van der Waals surface area contributed by atoms with E-state index in [0.29, 0.717) is 0 Å². The lowest BCUT2D eigenvalue weighted by molar-refractivity contribution is -0.384. The molecule has 2 aliphatic rings. The predicted molar refractivity (Wildman–Crippen MR) is 96.3 cm³/mol. The number of anilines is 1. The number of hydrogen-bond acceptors (Lipinski definition) is 5. The second kappa shape index (κ2) is 6.48. The molecule has 1 aromatic carbocycles. The molecule has 0 radical (unpaired) electrons. The van der Waals surface area contributed by atoms with Crippen LogP contribution in [0.15, 0.2) is 18.2 Å². The van der Waals surface area contributed by atoms with Crippen LogP contribution in [0.3, 0.4) is 0 Å². The number of rotatable bonds is 4. The minimum absolute atomic E-state index is 0.0976. The molecule has 1 fully saturated rings. The first-order chi connectivity index (χ1) is 12.1. The fourth-order valence-corrected chi connectivity index (χ4v) is 3.82. The molecule has 1 saturated heterocycles. The monoisotopic (exact) mass is 341 g/mol. The number of piperidine rings is 1. The lowest BCUT2D eigenvalue weighted by Gasteiger charge is -2.25. The minimum Gasteiger partial charge on any atom is -0.369 e. The van der Waals surface area contributed by atoms with Crippen molar-refractivity contribution < 1.29 is 4.92 Å². The highest BCUT2D eigenvalue weighted by Gasteiger charge is 2.26. The van der Waals surface area contributed by atoms with E-state index in [0.717, 1.165) is 55.4 Å². The van der Waals surface area contributed by atoms with Crippen LogP contribution in [-0.4, -0.2) is 39.2 Å². The molecule has 3 heterocycles. The van der Waals surface area contributed by atoms with Crippen LogP contribution in [0, 0.1) is 17.0 Å². The Kier molecular flexibility index (Phi) is 4.17. The molecule has 1 aromatic heterocycles. The van der Waals surface area contributed by atoms with E-state index in [1.54, 1.807) is 18.2 Å². The highest BCUT2D eigenvalue weighted by atomic mass is 16.6. The maximum Gasteiger partial charge on any atom is 0.271 e.